The number of rotatable bonds is 5. The number of aromatic nitrogens is 1. The second-order valence-corrected chi connectivity index (χ2v) is 7.13. The number of pyridine rings is 1. The van der Waals surface area contributed by atoms with E-state index in [2.05, 4.69) is 0 Å². The molecule has 1 N–H and O–H groups in total. The van der Waals surface area contributed by atoms with Crippen LogP contribution in [0.2, 0.25) is 5.02 Å². The van der Waals surface area contributed by atoms with Crippen LogP contribution in [-0.4, -0.2) is 16.1 Å². The van der Waals surface area contributed by atoms with Gasteiger partial charge in [0.2, 0.25) is 0 Å². The first-order valence-electron chi connectivity index (χ1n) is 9.24. The van der Waals surface area contributed by atoms with Gasteiger partial charge in [0.25, 0.3) is 0 Å². The average Bonchev–Trinajstić information content (AvgIpc) is 2.73. The smallest absolute Gasteiger partial charge is 0.307 e. The number of hydrogen-bond donors (Lipinski definition) is 1. The molecule has 0 bridgehead atoms. The number of aliphatic carboxylic acids is 1. The third-order valence-corrected chi connectivity index (χ3v) is 4.97. The predicted octanol–water partition coefficient (Wildman–Crippen LogP) is 6.77. The summed E-state index contributed by atoms with van der Waals surface area (Å²) in [5, 5.41) is 11.2. The number of carboxylic acids is 1. The number of halogens is 2. The van der Waals surface area contributed by atoms with Gasteiger partial charge in [0.05, 0.1) is 17.6 Å². The lowest BCUT2D eigenvalue weighted by Crippen LogP contribution is -2.06. The van der Waals surface area contributed by atoms with E-state index < -0.39 is 5.97 Å². The lowest BCUT2D eigenvalue weighted by Gasteiger charge is -2.15. The second-order valence-electron chi connectivity index (χ2n) is 6.69. The van der Waals surface area contributed by atoms with Crippen molar-refractivity contribution in [2.24, 2.45) is 0 Å². The first-order chi connectivity index (χ1) is 14.1. The molecule has 0 amide bonds. The van der Waals surface area contributed by atoms with E-state index in [1.807, 2.05) is 91.0 Å². The van der Waals surface area contributed by atoms with Crippen LogP contribution in [0.15, 0.2) is 78.9 Å². The Morgan fingerprint density at radius 2 is 1.57 bits per heavy atom. The van der Waals surface area contributed by atoms with E-state index in [0.29, 0.717) is 16.3 Å². The Morgan fingerprint density at radius 3 is 2.27 bits per heavy atom. The molecular formula is C25H19Cl2NO2. The molecule has 3 nitrogen and oxygen atoms in total. The van der Waals surface area contributed by atoms with Crippen LogP contribution in [0.5, 0.6) is 0 Å². The lowest BCUT2D eigenvalue weighted by atomic mass is 9.92. The highest BCUT2D eigenvalue weighted by atomic mass is 35.5. The zero-order valence-corrected chi connectivity index (χ0v) is 17.5. The Hall–Kier alpha value is -3.14. The molecule has 0 aliphatic heterocycles. The molecule has 0 aliphatic rings. The van der Waals surface area contributed by atoms with Crippen LogP contribution in [0.3, 0.4) is 0 Å². The van der Waals surface area contributed by atoms with E-state index in [4.69, 9.17) is 16.6 Å². The van der Waals surface area contributed by atoms with Crippen molar-refractivity contribution in [1.82, 2.24) is 4.98 Å². The van der Waals surface area contributed by atoms with E-state index in [-0.39, 0.29) is 18.8 Å². The van der Waals surface area contributed by atoms with Crippen molar-refractivity contribution in [3.8, 4) is 11.1 Å². The Kier molecular flexibility index (Phi) is 6.88. The molecule has 150 valence electrons. The molecular weight excluding hydrogens is 417 g/mol. The Bertz CT molecular complexity index is 1200. The van der Waals surface area contributed by atoms with Crippen LogP contribution in [0, 0.1) is 0 Å². The average molecular weight is 436 g/mol. The van der Waals surface area contributed by atoms with Crippen molar-refractivity contribution in [3.63, 3.8) is 0 Å². The molecule has 0 saturated heterocycles. The SMILES string of the molecule is Cl.O=C(O)Cc1c(/C=C\c2ccc(Cl)cc2)nc2ccccc2c1-c1ccccc1. The van der Waals surface area contributed by atoms with E-state index in [1.165, 1.54) is 0 Å². The van der Waals surface area contributed by atoms with Crippen LogP contribution in [-0.2, 0) is 11.2 Å². The monoisotopic (exact) mass is 435 g/mol. The van der Waals surface area contributed by atoms with E-state index in [9.17, 15) is 9.90 Å². The summed E-state index contributed by atoms with van der Waals surface area (Å²) < 4.78 is 0. The van der Waals surface area contributed by atoms with E-state index in [1.54, 1.807) is 0 Å². The van der Waals surface area contributed by atoms with Crippen LogP contribution in [0.1, 0.15) is 16.8 Å². The second kappa shape index (κ2) is 9.57. The molecule has 1 heterocycles. The highest BCUT2D eigenvalue weighted by Crippen LogP contribution is 2.34. The number of hydrogen-bond acceptors (Lipinski definition) is 2. The summed E-state index contributed by atoms with van der Waals surface area (Å²) in [7, 11) is 0. The van der Waals surface area contributed by atoms with Gasteiger partial charge in [-0.1, -0.05) is 78.3 Å². The highest BCUT2D eigenvalue weighted by Gasteiger charge is 2.17. The minimum atomic E-state index is -0.889. The number of carboxylic acid groups (broad SMARTS) is 1. The van der Waals surface area contributed by atoms with Gasteiger partial charge in [0, 0.05) is 10.4 Å². The van der Waals surface area contributed by atoms with Gasteiger partial charge in [-0.2, -0.15) is 0 Å². The van der Waals surface area contributed by atoms with Gasteiger partial charge in [-0.25, -0.2) is 4.98 Å². The Labute approximate surface area is 186 Å². The van der Waals surface area contributed by atoms with Gasteiger partial charge in [-0.3, -0.25) is 4.79 Å². The molecule has 0 radical (unpaired) electrons. The van der Waals surface area contributed by atoms with Crippen LogP contribution < -0.4 is 0 Å². The molecule has 0 atom stereocenters. The summed E-state index contributed by atoms with van der Waals surface area (Å²) in [5.41, 5.74) is 5.04. The van der Waals surface area contributed by atoms with Gasteiger partial charge < -0.3 is 5.11 Å². The lowest BCUT2D eigenvalue weighted by molar-refractivity contribution is -0.136. The van der Waals surface area contributed by atoms with Crippen molar-refractivity contribution in [3.05, 3.63) is 101 Å². The number of para-hydroxylation sites is 1. The van der Waals surface area contributed by atoms with Crippen molar-refractivity contribution in [2.45, 2.75) is 6.42 Å². The maximum absolute atomic E-state index is 11.7. The van der Waals surface area contributed by atoms with Gasteiger partial charge in [-0.15, -0.1) is 12.4 Å². The van der Waals surface area contributed by atoms with Crippen LogP contribution in [0.25, 0.3) is 34.2 Å². The third-order valence-electron chi connectivity index (χ3n) is 4.72. The molecule has 0 fully saturated rings. The number of carbonyl (C=O) groups is 1. The molecule has 3 aromatic carbocycles. The van der Waals surface area contributed by atoms with Crippen molar-refractivity contribution in [2.75, 3.05) is 0 Å². The fraction of sp³-hybridized carbons (Fsp3) is 0.0400. The highest BCUT2D eigenvalue weighted by molar-refractivity contribution is 6.30. The molecule has 0 saturated carbocycles. The zero-order chi connectivity index (χ0) is 20.2. The normalized spacial score (nSPS) is 10.8. The van der Waals surface area contributed by atoms with Gasteiger partial charge in [0.1, 0.15) is 0 Å². The summed E-state index contributed by atoms with van der Waals surface area (Å²) in [6.45, 7) is 0. The minimum absolute atomic E-state index is 0. The molecule has 0 unspecified atom stereocenters. The topological polar surface area (TPSA) is 50.2 Å². The summed E-state index contributed by atoms with van der Waals surface area (Å²) >= 11 is 5.96. The van der Waals surface area contributed by atoms with Crippen molar-refractivity contribution >= 4 is 53.0 Å². The zero-order valence-electron chi connectivity index (χ0n) is 16.0. The summed E-state index contributed by atoms with van der Waals surface area (Å²) in [5.74, 6) is -0.889. The van der Waals surface area contributed by atoms with E-state index >= 15 is 0 Å². The van der Waals surface area contributed by atoms with Gasteiger partial charge in [-0.05, 0) is 46.5 Å². The maximum atomic E-state index is 11.7. The minimum Gasteiger partial charge on any atom is -0.481 e. The molecule has 5 heteroatoms. The Morgan fingerprint density at radius 1 is 0.900 bits per heavy atom. The number of fused-ring (bicyclic) bond motifs is 1. The first-order valence-corrected chi connectivity index (χ1v) is 9.62. The summed E-state index contributed by atoms with van der Waals surface area (Å²) in [4.78, 5) is 16.5. The quantitative estimate of drug-likeness (QED) is 0.375. The summed E-state index contributed by atoms with van der Waals surface area (Å²) in [6.07, 6.45) is 3.69. The molecule has 4 rings (SSSR count). The summed E-state index contributed by atoms with van der Waals surface area (Å²) in [6, 6.07) is 25.2. The molecule has 1 aromatic heterocycles. The van der Waals surface area contributed by atoms with Crippen LogP contribution >= 0.6 is 24.0 Å². The fourth-order valence-electron chi connectivity index (χ4n) is 3.42. The van der Waals surface area contributed by atoms with Gasteiger partial charge in [0.15, 0.2) is 0 Å². The van der Waals surface area contributed by atoms with Crippen LogP contribution in [0.4, 0.5) is 0 Å². The van der Waals surface area contributed by atoms with Crippen molar-refractivity contribution in [1.29, 1.82) is 0 Å². The maximum Gasteiger partial charge on any atom is 0.307 e. The molecule has 4 aromatic rings. The number of nitrogens with zero attached hydrogens (tertiary/aromatic N) is 1. The molecule has 0 spiro atoms. The van der Waals surface area contributed by atoms with Gasteiger partial charge >= 0.3 is 5.97 Å². The number of benzene rings is 3. The Balaban J connectivity index is 0.00000256. The third kappa shape index (κ3) is 4.70. The largest absolute Gasteiger partial charge is 0.481 e. The van der Waals surface area contributed by atoms with E-state index in [0.717, 1.165) is 27.6 Å². The standard InChI is InChI=1S/C25H18ClNO2.ClH/c26-19-13-10-17(11-14-19)12-15-23-21(16-24(28)29)25(18-6-2-1-3-7-18)20-8-4-5-9-22(20)27-23;/h1-15H,16H2,(H,28,29);1H/b15-12-;. The predicted molar refractivity (Wildman–Crippen MR) is 126 cm³/mol. The molecule has 0 aliphatic carbocycles. The fourth-order valence-corrected chi connectivity index (χ4v) is 3.55. The molecule has 30 heavy (non-hydrogen) atoms. The van der Waals surface area contributed by atoms with Crippen molar-refractivity contribution < 1.29 is 9.90 Å². The first kappa shape index (κ1) is 21.6.